The number of halogens is 1. The van der Waals surface area contributed by atoms with Crippen LogP contribution in [-0.2, 0) is 9.53 Å². The van der Waals surface area contributed by atoms with Crippen molar-refractivity contribution in [1.29, 1.82) is 0 Å². The Morgan fingerprint density at radius 2 is 1.97 bits per heavy atom. The van der Waals surface area contributed by atoms with Crippen molar-refractivity contribution in [3.63, 3.8) is 0 Å². The van der Waals surface area contributed by atoms with Gasteiger partial charge >= 0.3 is 0 Å². The van der Waals surface area contributed by atoms with Gasteiger partial charge in [0.2, 0.25) is 5.91 Å². The Hall–Kier alpha value is -2.57. The number of hydrogen-bond donors (Lipinski definition) is 1. The van der Waals surface area contributed by atoms with Crippen LogP contribution in [0.1, 0.15) is 21.5 Å². The van der Waals surface area contributed by atoms with Crippen molar-refractivity contribution in [2.45, 2.75) is 20.0 Å². The SMILES string of the molecule is Cc1ccc(C(=O)NCC(=O)N2CCOC(COc3ccc(Cl)c(C)c3)C2)cc1. The molecular formula is C22H25ClN2O4. The zero-order chi connectivity index (χ0) is 20.8. The maximum atomic E-state index is 12.5. The molecular weight excluding hydrogens is 392 g/mol. The molecule has 0 spiro atoms. The number of rotatable bonds is 6. The minimum Gasteiger partial charge on any atom is -0.491 e. The molecule has 1 N–H and O–H groups in total. The topological polar surface area (TPSA) is 67.9 Å². The highest BCUT2D eigenvalue weighted by Gasteiger charge is 2.25. The summed E-state index contributed by atoms with van der Waals surface area (Å²) in [5, 5.41) is 3.38. The predicted molar refractivity (Wildman–Crippen MR) is 112 cm³/mol. The van der Waals surface area contributed by atoms with E-state index in [1.54, 1.807) is 23.1 Å². The summed E-state index contributed by atoms with van der Waals surface area (Å²) in [6.45, 7) is 5.51. The lowest BCUT2D eigenvalue weighted by atomic mass is 10.1. The molecule has 1 heterocycles. The van der Waals surface area contributed by atoms with Gasteiger partial charge in [0.05, 0.1) is 19.7 Å². The Bertz CT molecular complexity index is 870. The summed E-state index contributed by atoms with van der Waals surface area (Å²) in [6.07, 6.45) is -0.225. The first-order valence-electron chi connectivity index (χ1n) is 9.55. The highest BCUT2D eigenvalue weighted by molar-refractivity contribution is 6.31. The van der Waals surface area contributed by atoms with Crippen molar-refractivity contribution >= 4 is 23.4 Å². The Balaban J connectivity index is 1.46. The largest absolute Gasteiger partial charge is 0.491 e. The van der Waals surface area contributed by atoms with Crippen LogP contribution >= 0.6 is 11.6 Å². The third kappa shape index (κ3) is 5.95. The number of amides is 2. The van der Waals surface area contributed by atoms with Crippen LogP contribution < -0.4 is 10.1 Å². The van der Waals surface area contributed by atoms with E-state index in [-0.39, 0.29) is 24.5 Å². The molecule has 2 aromatic carbocycles. The number of ether oxygens (including phenoxy) is 2. The normalized spacial score (nSPS) is 16.4. The van der Waals surface area contributed by atoms with E-state index in [2.05, 4.69) is 5.32 Å². The maximum absolute atomic E-state index is 12.5. The van der Waals surface area contributed by atoms with Crippen molar-refractivity contribution in [3.8, 4) is 5.75 Å². The molecule has 1 atom stereocenters. The number of carbonyl (C=O) groups is 2. The summed E-state index contributed by atoms with van der Waals surface area (Å²) < 4.78 is 11.5. The van der Waals surface area contributed by atoms with E-state index in [1.807, 2.05) is 38.1 Å². The number of hydrogen-bond acceptors (Lipinski definition) is 4. The molecule has 6 nitrogen and oxygen atoms in total. The fourth-order valence-corrected chi connectivity index (χ4v) is 3.14. The molecule has 1 saturated heterocycles. The Morgan fingerprint density at radius 1 is 1.21 bits per heavy atom. The van der Waals surface area contributed by atoms with Crippen molar-refractivity contribution in [2.75, 3.05) is 32.8 Å². The standard InChI is InChI=1S/C22H25ClN2O4/c1-15-3-5-17(6-4-15)22(27)24-12-21(26)25-9-10-28-19(13-25)14-29-18-7-8-20(23)16(2)11-18/h3-8,11,19H,9-10,12-14H2,1-2H3,(H,24,27). The molecule has 0 bridgehead atoms. The molecule has 0 aromatic heterocycles. The van der Waals surface area contributed by atoms with Gasteiger partial charge in [0.25, 0.3) is 5.91 Å². The molecule has 1 fully saturated rings. The number of nitrogens with zero attached hydrogens (tertiary/aromatic N) is 1. The molecule has 1 aliphatic rings. The summed E-state index contributed by atoms with van der Waals surface area (Å²) in [5.74, 6) is 0.315. The third-order valence-electron chi connectivity index (χ3n) is 4.77. The molecule has 1 aliphatic heterocycles. The summed E-state index contributed by atoms with van der Waals surface area (Å²) in [5.41, 5.74) is 2.55. The molecule has 29 heavy (non-hydrogen) atoms. The number of nitrogens with one attached hydrogen (secondary N) is 1. The molecule has 1 unspecified atom stereocenters. The van der Waals surface area contributed by atoms with Gasteiger partial charge in [0, 0.05) is 17.1 Å². The molecule has 154 valence electrons. The van der Waals surface area contributed by atoms with Gasteiger partial charge in [-0.2, -0.15) is 0 Å². The van der Waals surface area contributed by atoms with Crippen LogP contribution in [0.15, 0.2) is 42.5 Å². The van der Waals surface area contributed by atoms with Gasteiger partial charge in [-0.15, -0.1) is 0 Å². The number of carbonyl (C=O) groups excluding carboxylic acids is 2. The zero-order valence-corrected chi connectivity index (χ0v) is 17.4. The Labute approximate surface area is 175 Å². The van der Waals surface area contributed by atoms with Crippen molar-refractivity contribution in [3.05, 3.63) is 64.2 Å². The van der Waals surface area contributed by atoms with Crippen LogP contribution in [0, 0.1) is 13.8 Å². The molecule has 0 radical (unpaired) electrons. The van der Waals surface area contributed by atoms with Gasteiger partial charge < -0.3 is 19.7 Å². The van der Waals surface area contributed by atoms with Crippen LogP contribution in [-0.4, -0.2) is 55.7 Å². The van der Waals surface area contributed by atoms with Gasteiger partial charge in [0.1, 0.15) is 18.5 Å². The summed E-state index contributed by atoms with van der Waals surface area (Å²) in [7, 11) is 0. The number of morpholine rings is 1. The first-order valence-corrected chi connectivity index (χ1v) is 9.93. The lowest BCUT2D eigenvalue weighted by molar-refractivity contribution is -0.138. The van der Waals surface area contributed by atoms with Gasteiger partial charge in [0.15, 0.2) is 0 Å². The van der Waals surface area contributed by atoms with Gasteiger partial charge in [-0.3, -0.25) is 9.59 Å². The van der Waals surface area contributed by atoms with E-state index in [9.17, 15) is 9.59 Å². The second-order valence-electron chi connectivity index (χ2n) is 7.10. The highest BCUT2D eigenvalue weighted by Crippen LogP contribution is 2.21. The molecule has 0 aliphatic carbocycles. The molecule has 3 rings (SSSR count). The van der Waals surface area contributed by atoms with E-state index in [1.165, 1.54) is 0 Å². The highest BCUT2D eigenvalue weighted by atomic mass is 35.5. The fourth-order valence-electron chi connectivity index (χ4n) is 3.02. The third-order valence-corrected chi connectivity index (χ3v) is 5.19. The first kappa shape index (κ1) is 21.1. The Morgan fingerprint density at radius 3 is 2.69 bits per heavy atom. The van der Waals surface area contributed by atoms with E-state index < -0.39 is 0 Å². The summed E-state index contributed by atoms with van der Waals surface area (Å²) >= 11 is 6.03. The van der Waals surface area contributed by atoms with Crippen LogP contribution in [0.2, 0.25) is 5.02 Å². The summed E-state index contributed by atoms with van der Waals surface area (Å²) in [6, 6.07) is 12.7. The van der Waals surface area contributed by atoms with Crippen molar-refractivity contribution in [2.24, 2.45) is 0 Å². The number of aryl methyl sites for hydroxylation is 2. The fraction of sp³-hybridized carbons (Fsp3) is 0.364. The second kappa shape index (κ2) is 9.76. The minimum atomic E-state index is -0.260. The van der Waals surface area contributed by atoms with Crippen LogP contribution in [0.4, 0.5) is 0 Å². The zero-order valence-electron chi connectivity index (χ0n) is 16.6. The van der Waals surface area contributed by atoms with E-state index in [0.29, 0.717) is 42.6 Å². The number of benzene rings is 2. The lowest BCUT2D eigenvalue weighted by Gasteiger charge is -2.33. The lowest BCUT2D eigenvalue weighted by Crippen LogP contribution is -2.50. The van der Waals surface area contributed by atoms with Crippen molar-refractivity contribution < 1.29 is 19.1 Å². The smallest absolute Gasteiger partial charge is 0.251 e. The predicted octanol–water partition coefficient (Wildman–Crippen LogP) is 2.99. The van der Waals surface area contributed by atoms with Crippen LogP contribution in [0.3, 0.4) is 0 Å². The van der Waals surface area contributed by atoms with E-state index in [0.717, 1.165) is 11.1 Å². The Kier molecular flexibility index (Phi) is 7.12. The van der Waals surface area contributed by atoms with Gasteiger partial charge in [-0.25, -0.2) is 0 Å². The van der Waals surface area contributed by atoms with Gasteiger partial charge in [-0.05, 0) is 49.7 Å². The second-order valence-corrected chi connectivity index (χ2v) is 7.51. The summed E-state index contributed by atoms with van der Waals surface area (Å²) in [4.78, 5) is 26.4. The maximum Gasteiger partial charge on any atom is 0.251 e. The molecule has 7 heteroatoms. The van der Waals surface area contributed by atoms with Crippen molar-refractivity contribution in [1.82, 2.24) is 10.2 Å². The van der Waals surface area contributed by atoms with E-state index in [4.69, 9.17) is 21.1 Å². The van der Waals surface area contributed by atoms with E-state index >= 15 is 0 Å². The molecule has 2 aromatic rings. The average molecular weight is 417 g/mol. The quantitative estimate of drug-likeness (QED) is 0.786. The van der Waals surface area contributed by atoms with Crippen LogP contribution in [0.25, 0.3) is 0 Å². The molecule has 0 saturated carbocycles. The van der Waals surface area contributed by atoms with Crippen LogP contribution in [0.5, 0.6) is 5.75 Å². The molecule has 2 amide bonds. The first-order chi connectivity index (χ1) is 13.9. The average Bonchev–Trinajstić information content (AvgIpc) is 2.73. The van der Waals surface area contributed by atoms with Gasteiger partial charge in [-0.1, -0.05) is 29.3 Å². The minimum absolute atomic E-state index is 0.0450. The monoisotopic (exact) mass is 416 g/mol.